The lowest BCUT2D eigenvalue weighted by Crippen LogP contribution is -2.24. The molecule has 0 aliphatic carbocycles. The van der Waals surface area contributed by atoms with E-state index in [0.29, 0.717) is 0 Å². The summed E-state index contributed by atoms with van der Waals surface area (Å²) in [5.41, 5.74) is 0. The van der Waals surface area contributed by atoms with Crippen molar-refractivity contribution in [2.45, 2.75) is 20.3 Å². The number of hydrogen-bond donors (Lipinski definition) is 0. The van der Waals surface area contributed by atoms with Gasteiger partial charge in [-0.2, -0.15) is 0 Å². The van der Waals surface area contributed by atoms with Crippen LogP contribution < -0.4 is 4.90 Å². The molecule has 3 heteroatoms. The van der Waals surface area contributed by atoms with Crippen LogP contribution in [0.5, 0.6) is 0 Å². The summed E-state index contributed by atoms with van der Waals surface area (Å²) in [5.74, 6) is 1.02. The highest BCUT2D eigenvalue weighted by molar-refractivity contribution is 5.35. The molecule has 0 aliphatic heterocycles. The largest absolute Gasteiger partial charge is 0.357 e. The standard InChI is InChI=1S/C9H15N3/c1-3-7-12(4-2)9-5-6-10-8-11-9/h5-6,8H,3-4,7H2,1-2H3. The highest BCUT2D eigenvalue weighted by atomic mass is 15.2. The van der Waals surface area contributed by atoms with Gasteiger partial charge in [-0.1, -0.05) is 6.92 Å². The van der Waals surface area contributed by atoms with E-state index in [1.807, 2.05) is 6.07 Å². The van der Waals surface area contributed by atoms with Crippen LogP contribution >= 0.6 is 0 Å². The van der Waals surface area contributed by atoms with E-state index >= 15 is 0 Å². The van der Waals surface area contributed by atoms with Crippen LogP contribution in [0.15, 0.2) is 18.6 Å². The van der Waals surface area contributed by atoms with Gasteiger partial charge < -0.3 is 4.90 Å². The fourth-order valence-corrected chi connectivity index (χ4v) is 1.18. The molecule has 0 spiro atoms. The van der Waals surface area contributed by atoms with Crippen molar-refractivity contribution < 1.29 is 0 Å². The quantitative estimate of drug-likeness (QED) is 0.680. The van der Waals surface area contributed by atoms with Gasteiger partial charge in [-0.15, -0.1) is 0 Å². The molecule has 0 bridgehead atoms. The first kappa shape index (κ1) is 8.97. The summed E-state index contributed by atoms with van der Waals surface area (Å²) in [7, 11) is 0. The van der Waals surface area contributed by atoms with Crippen LogP contribution in [0.1, 0.15) is 20.3 Å². The van der Waals surface area contributed by atoms with Crippen molar-refractivity contribution in [1.29, 1.82) is 0 Å². The molecular formula is C9H15N3. The minimum Gasteiger partial charge on any atom is -0.357 e. The molecular weight excluding hydrogens is 150 g/mol. The Hall–Kier alpha value is -1.12. The van der Waals surface area contributed by atoms with Crippen LogP contribution in [0.4, 0.5) is 5.82 Å². The molecule has 0 amide bonds. The lowest BCUT2D eigenvalue weighted by Gasteiger charge is -2.20. The second-order valence-corrected chi connectivity index (χ2v) is 2.65. The molecule has 0 unspecified atom stereocenters. The Labute approximate surface area is 73.5 Å². The normalized spacial score (nSPS) is 9.83. The highest BCUT2D eigenvalue weighted by Crippen LogP contribution is 2.07. The van der Waals surface area contributed by atoms with Crippen LogP contribution in [0, 0.1) is 0 Å². The Morgan fingerprint density at radius 1 is 1.42 bits per heavy atom. The predicted molar refractivity (Wildman–Crippen MR) is 50.2 cm³/mol. The average Bonchev–Trinajstić information content (AvgIpc) is 2.15. The zero-order valence-corrected chi connectivity index (χ0v) is 7.70. The Kier molecular flexibility index (Phi) is 3.51. The van der Waals surface area contributed by atoms with Crippen LogP contribution in [0.2, 0.25) is 0 Å². The maximum Gasteiger partial charge on any atom is 0.131 e. The van der Waals surface area contributed by atoms with Gasteiger partial charge in [0.15, 0.2) is 0 Å². The fraction of sp³-hybridized carbons (Fsp3) is 0.556. The van der Waals surface area contributed by atoms with Crippen LogP contribution in [0.25, 0.3) is 0 Å². The highest BCUT2D eigenvalue weighted by Gasteiger charge is 2.01. The number of anilines is 1. The Balaban J connectivity index is 2.66. The summed E-state index contributed by atoms with van der Waals surface area (Å²) in [4.78, 5) is 10.3. The van der Waals surface area contributed by atoms with E-state index in [-0.39, 0.29) is 0 Å². The van der Waals surface area contributed by atoms with Crippen molar-refractivity contribution in [3.05, 3.63) is 18.6 Å². The summed E-state index contributed by atoms with van der Waals surface area (Å²) in [6.45, 7) is 6.37. The molecule has 12 heavy (non-hydrogen) atoms. The molecule has 1 heterocycles. The molecule has 3 nitrogen and oxygen atoms in total. The van der Waals surface area contributed by atoms with Gasteiger partial charge >= 0.3 is 0 Å². The van der Waals surface area contributed by atoms with E-state index in [2.05, 4.69) is 28.7 Å². The van der Waals surface area contributed by atoms with Crippen LogP contribution in [-0.4, -0.2) is 23.1 Å². The van der Waals surface area contributed by atoms with Crippen LogP contribution in [-0.2, 0) is 0 Å². The molecule has 1 aromatic heterocycles. The summed E-state index contributed by atoms with van der Waals surface area (Å²) < 4.78 is 0. The number of hydrogen-bond acceptors (Lipinski definition) is 3. The zero-order valence-electron chi connectivity index (χ0n) is 7.70. The minimum atomic E-state index is 1.00. The lowest BCUT2D eigenvalue weighted by molar-refractivity contribution is 0.776. The maximum absolute atomic E-state index is 4.18. The van der Waals surface area contributed by atoms with E-state index in [4.69, 9.17) is 0 Å². The lowest BCUT2D eigenvalue weighted by atomic mass is 10.4. The number of rotatable bonds is 4. The molecule has 0 atom stereocenters. The van der Waals surface area contributed by atoms with Crippen molar-refractivity contribution in [3.8, 4) is 0 Å². The molecule has 0 aliphatic rings. The summed E-state index contributed by atoms with van der Waals surface area (Å²) >= 11 is 0. The van der Waals surface area contributed by atoms with Crippen molar-refractivity contribution in [3.63, 3.8) is 0 Å². The first-order chi connectivity index (χ1) is 5.88. The third-order valence-corrected chi connectivity index (χ3v) is 1.77. The summed E-state index contributed by atoms with van der Waals surface area (Å²) in [6.07, 6.45) is 4.52. The van der Waals surface area contributed by atoms with E-state index in [0.717, 1.165) is 25.3 Å². The first-order valence-electron chi connectivity index (χ1n) is 4.39. The van der Waals surface area contributed by atoms with Crippen molar-refractivity contribution in [1.82, 2.24) is 9.97 Å². The van der Waals surface area contributed by atoms with Gasteiger partial charge in [0.05, 0.1) is 0 Å². The molecule has 0 fully saturated rings. The van der Waals surface area contributed by atoms with Gasteiger partial charge in [-0.25, -0.2) is 9.97 Å². The Morgan fingerprint density at radius 3 is 2.75 bits per heavy atom. The van der Waals surface area contributed by atoms with Gasteiger partial charge in [-0.3, -0.25) is 0 Å². The third-order valence-electron chi connectivity index (χ3n) is 1.77. The molecule has 1 aromatic rings. The monoisotopic (exact) mass is 165 g/mol. The van der Waals surface area contributed by atoms with E-state index in [1.54, 1.807) is 12.5 Å². The second-order valence-electron chi connectivity index (χ2n) is 2.65. The first-order valence-corrected chi connectivity index (χ1v) is 4.39. The van der Waals surface area contributed by atoms with Gasteiger partial charge in [0.2, 0.25) is 0 Å². The van der Waals surface area contributed by atoms with Gasteiger partial charge in [0, 0.05) is 19.3 Å². The smallest absolute Gasteiger partial charge is 0.131 e. The molecule has 66 valence electrons. The topological polar surface area (TPSA) is 29.0 Å². The number of nitrogens with zero attached hydrogens (tertiary/aromatic N) is 3. The Bertz CT molecular complexity index is 210. The fourth-order valence-electron chi connectivity index (χ4n) is 1.18. The SMILES string of the molecule is CCCN(CC)c1ccncn1. The summed E-state index contributed by atoms with van der Waals surface area (Å²) in [6, 6.07) is 1.94. The zero-order chi connectivity index (χ0) is 8.81. The number of aromatic nitrogens is 2. The van der Waals surface area contributed by atoms with Crippen molar-refractivity contribution >= 4 is 5.82 Å². The van der Waals surface area contributed by atoms with Crippen LogP contribution in [0.3, 0.4) is 0 Å². The Morgan fingerprint density at radius 2 is 2.25 bits per heavy atom. The van der Waals surface area contributed by atoms with E-state index in [9.17, 15) is 0 Å². The molecule has 0 saturated heterocycles. The van der Waals surface area contributed by atoms with Gasteiger partial charge in [0.1, 0.15) is 12.1 Å². The van der Waals surface area contributed by atoms with Gasteiger partial charge in [-0.05, 0) is 19.4 Å². The van der Waals surface area contributed by atoms with Gasteiger partial charge in [0.25, 0.3) is 0 Å². The van der Waals surface area contributed by atoms with Crippen molar-refractivity contribution in [2.75, 3.05) is 18.0 Å². The second kappa shape index (κ2) is 4.70. The average molecular weight is 165 g/mol. The van der Waals surface area contributed by atoms with E-state index < -0.39 is 0 Å². The predicted octanol–water partition coefficient (Wildman–Crippen LogP) is 1.71. The maximum atomic E-state index is 4.18. The molecule has 0 aromatic carbocycles. The van der Waals surface area contributed by atoms with Crippen molar-refractivity contribution in [2.24, 2.45) is 0 Å². The molecule has 0 radical (unpaired) electrons. The summed E-state index contributed by atoms with van der Waals surface area (Å²) in [5, 5.41) is 0. The molecule has 1 rings (SSSR count). The minimum absolute atomic E-state index is 1.00. The molecule has 0 saturated carbocycles. The third kappa shape index (κ3) is 2.19. The molecule has 0 N–H and O–H groups in total. The van der Waals surface area contributed by atoms with E-state index in [1.165, 1.54) is 0 Å².